The van der Waals surface area contributed by atoms with Crippen molar-refractivity contribution in [3.05, 3.63) is 53.9 Å². The van der Waals surface area contributed by atoms with Crippen LogP contribution in [0.3, 0.4) is 0 Å². The number of aromatic nitrogens is 2. The molecule has 0 bridgehead atoms. The molecule has 0 fully saturated rings. The summed E-state index contributed by atoms with van der Waals surface area (Å²) in [5.41, 5.74) is 0.900. The van der Waals surface area contributed by atoms with Gasteiger partial charge in [-0.25, -0.2) is 9.78 Å². The fourth-order valence-corrected chi connectivity index (χ4v) is 3.46. The molecule has 0 aliphatic rings. The molecule has 3 rings (SSSR count). The van der Waals surface area contributed by atoms with Gasteiger partial charge in [-0.05, 0) is 30.5 Å². The molecule has 7 nitrogen and oxygen atoms in total. The molecule has 0 saturated heterocycles. The van der Waals surface area contributed by atoms with E-state index in [2.05, 4.69) is 24.4 Å². The van der Waals surface area contributed by atoms with Crippen LogP contribution in [0.5, 0.6) is 0 Å². The molecule has 0 aliphatic heterocycles. The van der Waals surface area contributed by atoms with Crippen LogP contribution >= 0.6 is 11.3 Å². The van der Waals surface area contributed by atoms with Gasteiger partial charge in [0.05, 0.1) is 12.2 Å². The van der Waals surface area contributed by atoms with Crippen molar-refractivity contribution in [2.75, 3.05) is 11.9 Å². The number of amides is 1. The van der Waals surface area contributed by atoms with Gasteiger partial charge in [0.15, 0.2) is 0 Å². The van der Waals surface area contributed by atoms with E-state index in [1.54, 1.807) is 25.1 Å². The zero-order valence-electron chi connectivity index (χ0n) is 14.1. The van der Waals surface area contributed by atoms with E-state index in [-0.39, 0.29) is 12.6 Å². The van der Waals surface area contributed by atoms with Gasteiger partial charge >= 0.3 is 6.09 Å². The molecule has 1 aromatic carbocycles. The van der Waals surface area contributed by atoms with Crippen LogP contribution in [0.4, 0.5) is 20.8 Å². The number of nitrogens with zero attached hydrogens (tertiary/aromatic N) is 3. The number of halogens is 1. The molecule has 0 spiro atoms. The van der Waals surface area contributed by atoms with Gasteiger partial charge in [-0.15, -0.1) is 21.9 Å². The second-order valence-electron chi connectivity index (χ2n) is 5.06. The van der Waals surface area contributed by atoms with E-state index < -0.39 is 22.6 Å². The van der Waals surface area contributed by atoms with Crippen molar-refractivity contribution < 1.29 is 18.1 Å². The Morgan fingerprint density at radius 3 is 2.74 bits per heavy atom. The van der Waals surface area contributed by atoms with Crippen LogP contribution < -0.4 is 5.32 Å². The molecule has 2 heterocycles. The van der Waals surface area contributed by atoms with Crippen molar-refractivity contribution in [1.29, 1.82) is 0 Å². The Labute approximate surface area is 160 Å². The van der Waals surface area contributed by atoms with Crippen LogP contribution in [0.15, 0.2) is 57.2 Å². The van der Waals surface area contributed by atoms with E-state index in [1.165, 1.54) is 29.7 Å². The third-order valence-electron chi connectivity index (χ3n) is 3.27. The molecule has 0 unspecified atom stereocenters. The minimum absolute atomic E-state index is 0.0953. The normalized spacial score (nSPS) is 11.9. The van der Waals surface area contributed by atoms with Gasteiger partial charge in [0.2, 0.25) is 11.9 Å². The lowest BCUT2D eigenvalue weighted by Gasteiger charge is -2.09. The first kappa shape index (κ1) is 18.9. The molecule has 1 N–H and O–H groups in total. The molecule has 0 aliphatic carbocycles. The quantitative estimate of drug-likeness (QED) is 0.486. The summed E-state index contributed by atoms with van der Waals surface area (Å²) in [5.74, 6) is -0.529. The van der Waals surface area contributed by atoms with E-state index >= 15 is 0 Å². The highest BCUT2D eigenvalue weighted by atomic mass is 32.2. The molecule has 1 amide bonds. The number of hydrogen-bond donors (Lipinski definition) is 1. The molecule has 0 atom stereocenters. The van der Waals surface area contributed by atoms with Crippen molar-refractivity contribution in [2.45, 2.75) is 11.8 Å². The summed E-state index contributed by atoms with van der Waals surface area (Å²) in [5, 5.41) is 4.71. The van der Waals surface area contributed by atoms with E-state index in [1.807, 2.05) is 11.4 Å². The van der Waals surface area contributed by atoms with Gasteiger partial charge in [-0.2, -0.15) is 9.37 Å². The van der Waals surface area contributed by atoms with Gasteiger partial charge < -0.3 is 14.3 Å². The van der Waals surface area contributed by atoms with Crippen LogP contribution in [-0.2, 0) is 19.5 Å². The third-order valence-corrected chi connectivity index (χ3v) is 5.16. The largest absolute Gasteiger partial charge is 0.450 e. The van der Waals surface area contributed by atoms with Crippen molar-refractivity contribution in [3.8, 4) is 10.4 Å². The van der Waals surface area contributed by atoms with E-state index in [0.29, 0.717) is 16.1 Å². The summed E-state index contributed by atoms with van der Waals surface area (Å²) in [7, 11) is -1.86. The zero-order chi connectivity index (χ0) is 19.2. The first-order chi connectivity index (χ1) is 13.1. The van der Waals surface area contributed by atoms with Gasteiger partial charge in [0.25, 0.3) is 0 Å². The predicted octanol–water partition coefficient (Wildman–Crippen LogP) is 4.75. The molecule has 3 aromatic rings. The third kappa shape index (κ3) is 4.86. The zero-order valence-corrected chi connectivity index (χ0v) is 15.7. The molecule has 2 aromatic heterocycles. The maximum atomic E-state index is 14.2. The Hall–Kier alpha value is -2.85. The van der Waals surface area contributed by atoms with Crippen LogP contribution in [0, 0.1) is 5.95 Å². The molecule has 27 heavy (non-hydrogen) atoms. The number of thiophene rings is 1. The summed E-state index contributed by atoms with van der Waals surface area (Å²) < 4.78 is 34.2. The SMILES string of the molecule is CCOC(=O)N=[S-](=O)c1ccc(Nc2ncc(-c3cccs3)c(F)n2)cc1. The van der Waals surface area contributed by atoms with Crippen molar-refractivity contribution in [3.63, 3.8) is 0 Å². The standard InChI is InChI=1S/C17H14FN4O3S2/c1-2-25-17(23)22-27(24)12-7-5-11(6-8-12)20-16-19-10-13(15(18)21-16)14-4-3-9-26-14/h3-10H,2H2,1H3,(H,19,20,21)/q-1. The maximum absolute atomic E-state index is 14.2. The van der Waals surface area contributed by atoms with Crippen molar-refractivity contribution in [2.24, 2.45) is 4.36 Å². The molecule has 0 radical (unpaired) electrons. The van der Waals surface area contributed by atoms with Gasteiger partial charge in [0.1, 0.15) is 0 Å². The number of rotatable bonds is 5. The highest BCUT2D eigenvalue weighted by Crippen LogP contribution is 2.26. The average molecular weight is 405 g/mol. The van der Waals surface area contributed by atoms with Crippen LogP contribution in [-0.4, -0.2) is 22.7 Å². The topological polar surface area (TPSA) is 93.5 Å². The van der Waals surface area contributed by atoms with E-state index in [4.69, 9.17) is 0 Å². The van der Waals surface area contributed by atoms with Crippen LogP contribution in [0.1, 0.15) is 6.92 Å². The molecule has 140 valence electrons. The Bertz CT molecular complexity index is 1020. The summed E-state index contributed by atoms with van der Waals surface area (Å²) in [4.78, 5) is 20.2. The lowest BCUT2D eigenvalue weighted by molar-refractivity contribution is 0.164. The number of hydrogen-bond acceptors (Lipinski definition) is 8. The lowest BCUT2D eigenvalue weighted by atomic mass is 10.3. The first-order valence-corrected chi connectivity index (χ1v) is 9.79. The first-order valence-electron chi connectivity index (χ1n) is 7.80. The Morgan fingerprint density at radius 1 is 1.33 bits per heavy atom. The van der Waals surface area contributed by atoms with Crippen molar-refractivity contribution in [1.82, 2.24) is 9.97 Å². The number of carbonyl (C=O) groups is 1. The number of benzene rings is 1. The van der Waals surface area contributed by atoms with Gasteiger partial charge in [-0.1, -0.05) is 23.1 Å². The molecule has 0 saturated carbocycles. The number of anilines is 2. The Balaban J connectivity index is 1.72. The second kappa shape index (κ2) is 8.69. The minimum Gasteiger partial charge on any atom is -0.450 e. The molecular weight excluding hydrogens is 391 g/mol. The Kier molecular flexibility index (Phi) is 6.09. The summed E-state index contributed by atoms with van der Waals surface area (Å²) in [6.07, 6.45) is 0.533. The van der Waals surface area contributed by atoms with E-state index in [9.17, 15) is 13.4 Å². The smallest absolute Gasteiger partial charge is 0.410 e. The van der Waals surface area contributed by atoms with Gasteiger partial charge in [-0.3, -0.25) is 4.36 Å². The lowest BCUT2D eigenvalue weighted by Crippen LogP contribution is -2.00. The fourth-order valence-electron chi connectivity index (χ4n) is 2.07. The van der Waals surface area contributed by atoms with Gasteiger partial charge in [0, 0.05) is 16.8 Å². The summed E-state index contributed by atoms with van der Waals surface area (Å²) in [6.45, 7) is 1.79. The summed E-state index contributed by atoms with van der Waals surface area (Å²) in [6, 6.07) is 9.87. The maximum Gasteiger partial charge on any atom is 0.410 e. The second-order valence-corrected chi connectivity index (χ2v) is 7.16. The molecule has 10 heteroatoms. The number of carbonyl (C=O) groups excluding carboxylic acids is 1. The fraction of sp³-hybridized carbons (Fsp3) is 0.118. The minimum atomic E-state index is -1.86. The highest BCUT2D eigenvalue weighted by molar-refractivity contribution is 7.75. The van der Waals surface area contributed by atoms with Crippen molar-refractivity contribution >= 4 is 39.7 Å². The van der Waals surface area contributed by atoms with E-state index in [0.717, 1.165) is 4.88 Å². The average Bonchev–Trinajstić information content (AvgIpc) is 3.17. The van der Waals surface area contributed by atoms with Crippen LogP contribution in [0.25, 0.3) is 10.4 Å². The number of ether oxygens (including phenoxy) is 1. The monoisotopic (exact) mass is 405 g/mol. The van der Waals surface area contributed by atoms with Crippen LogP contribution in [0.2, 0.25) is 0 Å². The number of nitrogens with one attached hydrogen (secondary N) is 1. The highest BCUT2D eigenvalue weighted by Gasteiger charge is 2.10. The Morgan fingerprint density at radius 2 is 2.11 bits per heavy atom. The summed E-state index contributed by atoms with van der Waals surface area (Å²) >= 11 is 1.40. The predicted molar refractivity (Wildman–Crippen MR) is 101 cm³/mol. The molecular formula is C17H14FN4O3S2-.